The second-order valence-electron chi connectivity index (χ2n) is 5.98. The highest BCUT2D eigenvalue weighted by Crippen LogP contribution is 2.35. The van der Waals surface area contributed by atoms with Gasteiger partial charge in [0.2, 0.25) is 0 Å². The monoisotopic (exact) mass is 263 g/mol. The molecule has 1 aromatic rings. The van der Waals surface area contributed by atoms with Crippen molar-refractivity contribution >= 4 is 0 Å². The SMILES string of the molecule is CC(C)CC(CO)NC1c2ccccc2OCC1C. The van der Waals surface area contributed by atoms with Crippen molar-refractivity contribution in [2.75, 3.05) is 13.2 Å². The number of rotatable bonds is 5. The van der Waals surface area contributed by atoms with Crippen molar-refractivity contribution in [3.8, 4) is 5.75 Å². The summed E-state index contributed by atoms with van der Waals surface area (Å²) < 4.78 is 5.76. The Bertz CT molecular complexity index is 405. The van der Waals surface area contributed by atoms with E-state index < -0.39 is 0 Å². The predicted molar refractivity (Wildman–Crippen MR) is 77.3 cm³/mol. The van der Waals surface area contributed by atoms with Crippen molar-refractivity contribution < 1.29 is 9.84 Å². The van der Waals surface area contributed by atoms with Gasteiger partial charge in [0.15, 0.2) is 0 Å². The van der Waals surface area contributed by atoms with E-state index in [1.54, 1.807) is 0 Å². The van der Waals surface area contributed by atoms with Gasteiger partial charge < -0.3 is 15.2 Å². The van der Waals surface area contributed by atoms with E-state index in [4.69, 9.17) is 4.74 Å². The van der Waals surface area contributed by atoms with Gasteiger partial charge in [0.05, 0.1) is 13.2 Å². The highest BCUT2D eigenvalue weighted by atomic mass is 16.5. The molecule has 3 unspecified atom stereocenters. The minimum absolute atomic E-state index is 0.151. The first-order chi connectivity index (χ1) is 9.11. The lowest BCUT2D eigenvalue weighted by Crippen LogP contribution is -2.42. The van der Waals surface area contributed by atoms with Crippen LogP contribution in [-0.4, -0.2) is 24.4 Å². The number of hydrogen-bond donors (Lipinski definition) is 2. The summed E-state index contributed by atoms with van der Waals surface area (Å²) >= 11 is 0. The minimum atomic E-state index is 0.151. The summed E-state index contributed by atoms with van der Waals surface area (Å²) in [6.07, 6.45) is 0.989. The van der Waals surface area contributed by atoms with E-state index in [0.29, 0.717) is 11.8 Å². The average molecular weight is 263 g/mol. The molecule has 2 N–H and O–H groups in total. The van der Waals surface area contributed by atoms with E-state index in [1.165, 1.54) is 5.56 Å². The van der Waals surface area contributed by atoms with Crippen molar-refractivity contribution in [3.05, 3.63) is 29.8 Å². The molecular formula is C16H25NO2. The zero-order valence-corrected chi connectivity index (χ0v) is 12.1. The first kappa shape index (κ1) is 14.4. The van der Waals surface area contributed by atoms with E-state index in [9.17, 15) is 5.11 Å². The van der Waals surface area contributed by atoms with E-state index in [1.807, 2.05) is 18.2 Å². The Morgan fingerprint density at radius 2 is 2.11 bits per heavy atom. The van der Waals surface area contributed by atoms with Gasteiger partial charge in [0.25, 0.3) is 0 Å². The number of aliphatic hydroxyl groups excluding tert-OH is 1. The molecule has 0 saturated carbocycles. The van der Waals surface area contributed by atoms with E-state index in [2.05, 4.69) is 32.2 Å². The number of nitrogens with one attached hydrogen (secondary N) is 1. The number of fused-ring (bicyclic) bond motifs is 1. The molecule has 0 bridgehead atoms. The van der Waals surface area contributed by atoms with Gasteiger partial charge >= 0.3 is 0 Å². The zero-order chi connectivity index (χ0) is 13.8. The maximum atomic E-state index is 9.55. The van der Waals surface area contributed by atoms with Crippen LogP contribution in [0.5, 0.6) is 5.75 Å². The van der Waals surface area contributed by atoms with Gasteiger partial charge in [0, 0.05) is 23.6 Å². The Labute approximate surface area is 116 Å². The third kappa shape index (κ3) is 3.48. The molecular weight excluding hydrogens is 238 g/mol. The second kappa shape index (κ2) is 6.40. The van der Waals surface area contributed by atoms with Crippen molar-refractivity contribution in [2.45, 2.75) is 39.3 Å². The Hall–Kier alpha value is -1.06. The molecule has 1 heterocycles. The van der Waals surface area contributed by atoms with Crippen LogP contribution in [0.3, 0.4) is 0 Å². The second-order valence-corrected chi connectivity index (χ2v) is 5.98. The molecule has 1 aromatic carbocycles. The van der Waals surface area contributed by atoms with Crippen LogP contribution in [0.15, 0.2) is 24.3 Å². The standard InChI is InChI=1S/C16H25NO2/c1-11(2)8-13(9-18)17-16-12(3)10-19-15-7-5-4-6-14(15)16/h4-7,11-13,16-18H,8-10H2,1-3H3. The molecule has 0 fully saturated rings. The third-order valence-electron chi connectivity index (χ3n) is 3.72. The van der Waals surface area contributed by atoms with Crippen molar-refractivity contribution in [1.82, 2.24) is 5.32 Å². The first-order valence-electron chi connectivity index (χ1n) is 7.20. The van der Waals surface area contributed by atoms with Crippen molar-refractivity contribution in [2.24, 2.45) is 11.8 Å². The van der Waals surface area contributed by atoms with Gasteiger partial charge in [0.1, 0.15) is 5.75 Å². The first-order valence-corrected chi connectivity index (χ1v) is 7.20. The lowest BCUT2D eigenvalue weighted by Gasteiger charge is -2.35. The van der Waals surface area contributed by atoms with Gasteiger partial charge in [-0.3, -0.25) is 0 Å². The lowest BCUT2D eigenvalue weighted by molar-refractivity contribution is 0.153. The Kier molecular flexibility index (Phi) is 4.83. The molecule has 1 aliphatic rings. The van der Waals surface area contributed by atoms with Gasteiger partial charge in [-0.15, -0.1) is 0 Å². The number of para-hydroxylation sites is 1. The normalized spacial score (nSPS) is 23.8. The molecule has 0 spiro atoms. The molecule has 0 amide bonds. The summed E-state index contributed by atoms with van der Waals surface area (Å²) in [5, 5.41) is 13.2. The summed E-state index contributed by atoms with van der Waals surface area (Å²) in [5.74, 6) is 1.96. The molecule has 0 aromatic heterocycles. The smallest absolute Gasteiger partial charge is 0.124 e. The molecule has 3 heteroatoms. The fourth-order valence-electron chi connectivity index (χ4n) is 2.77. The lowest BCUT2D eigenvalue weighted by atomic mass is 9.90. The fourth-order valence-corrected chi connectivity index (χ4v) is 2.77. The van der Waals surface area contributed by atoms with Crippen LogP contribution < -0.4 is 10.1 Å². The molecule has 3 atom stereocenters. The van der Waals surface area contributed by atoms with Crippen LogP contribution in [0.4, 0.5) is 0 Å². The highest BCUT2D eigenvalue weighted by molar-refractivity contribution is 5.38. The van der Waals surface area contributed by atoms with Gasteiger partial charge in [-0.1, -0.05) is 39.0 Å². The fraction of sp³-hybridized carbons (Fsp3) is 0.625. The van der Waals surface area contributed by atoms with E-state index in [-0.39, 0.29) is 18.7 Å². The summed E-state index contributed by atoms with van der Waals surface area (Å²) in [4.78, 5) is 0. The number of hydrogen-bond acceptors (Lipinski definition) is 3. The minimum Gasteiger partial charge on any atom is -0.493 e. The van der Waals surface area contributed by atoms with Gasteiger partial charge in [-0.05, 0) is 18.4 Å². The van der Waals surface area contributed by atoms with Crippen LogP contribution in [0, 0.1) is 11.8 Å². The molecule has 1 aliphatic heterocycles. The quantitative estimate of drug-likeness (QED) is 0.858. The zero-order valence-electron chi connectivity index (χ0n) is 12.1. The summed E-state index contributed by atoms with van der Waals surface area (Å²) in [6, 6.07) is 8.60. The van der Waals surface area contributed by atoms with Crippen LogP contribution in [0.1, 0.15) is 38.8 Å². The Morgan fingerprint density at radius 3 is 2.79 bits per heavy atom. The number of benzene rings is 1. The number of ether oxygens (including phenoxy) is 1. The number of aliphatic hydroxyl groups is 1. The van der Waals surface area contributed by atoms with Crippen molar-refractivity contribution in [3.63, 3.8) is 0 Å². The Morgan fingerprint density at radius 1 is 1.37 bits per heavy atom. The molecule has 3 nitrogen and oxygen atoms in total. The molecule has 19 heavy (non-hydrogen) atoms. The molecule has 2 rings (SSSR count). The molecule has 0 saturated heterocycles. The maximum Gasteiger partial charge on any atom is 0.124 e. The third-order valence-corrected chi connectivity index (χ3v) is 3.72. The van der Waals surface area contributed by atoms with Crippen LogP contribution in [-0.2, 0) is 0 Å². The summed E-state index contributed by atoms with van der Waals surface area (Å²) in [6.45, 7) is 7.48. The highest BCUT2D eigenvalue weighted by Gasteiger charge is 2.29. The topological polar surface area (TPSA) is 41.5 Å². The van der Waals surface area contributed by atoms with Gasteiger partial charge in [-0.25, -0.2) is 0 Å². The summed E-state index contributed by atoms with van der Waals surface area (Å²) in [5.41, 5.74) is 1.21. The average Bonchev–Trinajstić information content (AvgIpc) is 2.40. The van der Waals surface area contributed by atoms with Crippen molar-refractivity contribution in [1.29, 1.82) is 0 Å². The van der Waals surface area contributed by atoms with Gasteiger partial charge in [-0.2, -0.15) is 0 Å². The van der Waals surface area contributed by atoms with Crippen LogP contribution in [0.25, 0.3) is 0 Å². The largest absolute Gasteiger partial charge is 0.493 e. The maximum absolute atomic E-state index is 9.55. The van der Waals surface area contributed by atoms with E-state index >= 15 is 0 Å². The summed E-state index contributed by atoms with van der Waals surface area (Å²) in [7, 11) is 0. The Balaban J connectivity index is 2.14. The predicted octanol–water partition coefficient (Wildman–Crippen LogP) is 2.75. The molecule has 0 radical (unpaired) electrons. The van der Waals surface area contributed by atoms with Crippen LogP contribution in [0.2, 0.25) is 0 Å². The molecule has 106 valence electrons. The van der Waals surface area contributed by atoms with Crippen LogP contribution >= 0.6 is 0 Å². The molecule has 0 aliphatic carbocycles. The van der Waals surface area contributed by atoms with E-state index in [0.717, 1.165) is 18.8 Å².